The van der Waals surface area contributed by atoms with Crippen LogP contribution in [0, 0.1) is 0 Å². The van der Waals surface area contributed by atoms with E-state index in [-0.39, 0.29) is 5.91 Å². The van der Waals surface area contributed by atoms with Crippen LogP contribution in [0.4, 0.5) is 0 Å². The van der Waals surface area contributed by atoms with Gasteiger partial charge >= 0.3 is 0 Å². The molecule has 0 saturated heterocycles. The zero-order valence-corrected chi connectivity index (χ0v) is 12.8. The van der Waals surface area contributed by atoms with E-state index in [2.05, 4.69) is 44.3 Å². The highest BCUT2D eigenvalue weighted by Crippen LogP contribution is 2.25. The lowest BCUT2D eigenvalue weighted by molar-refractivity contribution is 0.0953. The molecule has 0 fully saturated rings. The van der Waals surface area contributed by atoms with E-state index in [9.17, 15) is 4.79 Å². The van der Waals surface area contributed by atoms with Crippen molar-refractivity contribution in [1.29, 1.82) is 0 Å². The molecule has 0 aliphatic carbocycles. The molecule has 0 atom stereocenters. The molecule has 3 N–H and O–H groups in total. The molecule has 1 heterocycles. The summed E-state index contributed by atoms with van der Waals surface area (Å²) in [6, 6.07) is 15.7. The number of nitrogens with two attached hydrogens (primary N) is 1. The molecule has 5 heteroatoms. The number of rotatable bonds is 3. The summed E-state index contributed by atoms with van der Waals surface area (Å²) in [5.74, 6) is 4.84. The lowest BCUT2D eigenvalue weighted by atomic mass is 10.1. The molecule has 3 aromatic rings. The number of nitrogens with zero attached hydrogens (tertiary/aromatic N) is 1. The van der Waals surface area contributed by atoms with Crippen LogP contribution in [0.25, 0.3) is 10.9 Å². The van der Waals surface area contributed by atoms with Crippen LogP contribution in [0.2, 0.25) is 0 Å². The van der Waals surface area contributed by atoms with Gasteiger partial charge in [-0.15, -0.1) is 0 Å². The normalized spacial score (nSPS) is 10.8. The first kappa shape index (κ1) is 13.9. The van der Waals surface area contributed by atoms with E-state index in [1.165, 1.54) is 10.9 Å². The van der Waals surface area contributed by atoms with E-state index >= 15 is 0 Å². The summed E-state index contributed by atoms with van der Waals surface area (Å²) >= 11 is 3.56. The smallest absolute Gasteiger partial charge is 0.265 e. The molecule has 0 spiro atoms. The molecular formula is C16H14BrN3O. The molecule has 2 aromatic carbocycles. The van der Waals surface area contributed by atoms with Crippen molar-refractivity contribution in [3.63, 3.8) is 0 Å². The number of amides is 1. The zero-order chi connectivity index (χ0) is 14.8. The molecular weight excluding hydrogens is 330 g/mol. The SMILES string of the molecule is NNC(=O)c1ccc(Cn2ccc3c(Br)cccc32)cc1. The van der Waals surface area contributed by atoms with Crippen LogP contribution in [0.1, 0.15) is 15.9 Å². The van der Waals surface area contributed by atoms with Crippen molar-refractivity contribution < 1.29 is 4.79 Å². The molecule has 21 heavy (non-hydrogen) atoms. The third-order valence-electron chi connectivity index (χ3n) is 3.46. The maximum absolute atomic E-state index is 11.4. The Kier molecular flexibility index (Phi) is 3.77. The number of carbonyl (C=O) groups is 1. The van der Waals surface area contributed by atoms with Gasteiger partial charge in [0.15, 0.2) is 0 Å². The monoisotopic (exact) mass is 343 g/mol. The van der Waals surface area contributed by atoms with E-state index in [1.807, 2.05) is 24.3 Å². The molecule has 0 unspecified atom stereocenters. The van der Waals surface area contributed by atoms with Crippen LogP contribution < -0.4 is 11.3 Å². The summed E-state index contributed by atoms with van der Waals surface area (Å²) < 4.78 is 3.27. The van der Waals surface area contributed by atoms with Gasteiger partial charge in [0.05, 0.1) is 0 Å². The third-order valence-corrected chi connectivity index (χ3v) is 4.15. The van der Waals surface area contributed by atoms with E-state index in [0.717, 1.165) is 16.6 Å². The number of carbonyl (C=O) groups excluding carboxylic acids is 1. The largest absolute Gasteiger partial charge is 0.343 e. The van der Waals surface area contributed by atoms with E-state index in [1.54, 1.807) is 12.1 Å². The fourth-order valence-corrected chi connectivity index (χ4v) is 2.85. The second-order valence-corrected chi connectivity index (χ2v) is 5.64. The summed E-state index contributed by atoms with van der Waals surface area (Å²) in [5.41, 5.74) is 4.98. The quantitative estimate of drug-likeness (QED) is 0.436. The standard InChI is InChI=1S/C16H14BrN3O/c17-14-2-1-3-15-13(14)8-9-20(15)10-11-4-6-12(7-5-11)16(21)19-18/h1-9H,10,18H2,(H,19,21). The number of nitrogens with one attached hydrogen (secondary N) is 1. The lowest BCUT2D eigenvalue weighted by Gasteiger charge is -2.07. The highest BCUT2D eigenvalue weighted by Gasteiger charge is 2.06. The molecule has 1 amide bonds. The van der Waals surface area contributed by atoms with E-state index < -0.39 is 0 Å². The Labute approximate surface area is 130 Å². The Bertz CT molecular complexity index is 793. The van der Waals surface area contributed by atoms with Gasteiger partial charge in [-0.1, -0.05) is 34.1 Å². The van der Waals surface area contributed by atoms with Crippen molar-refractivity contribution in [2.24, 2.45) is 5.84 Å². The molecule has 0 bridgehead atoms. The second-order valence-electron chi connectivity index (χ2n) is 4.79. The van der Waals surface area contributed by atoms with Crippen molar-refractivity contribution in [2.75, 3.05) is 0 Å². The summed E-state index contributed by atoms with van der Waals surface area (Å²) in [6.07, 6.45) is 2.07. The van der Waals surface area contributed by atoms with Gasteiger partial charge in [0.1, 0.15) is 0 Å². The number of fused-ring (bicyclic) bond motifs is 1. The number of hydrogen-bond donors (Lipinski definition) is 2. The number of nitrogen functional groups attached to an aromatic ring is 1. The van der Waals surface area contributed by atoms with Crippen molar-refractivity contribution in [3.8, 4) is 0 Å². The fraction of sp³-hybridized carbons (Fsp3) is 0.0625. The minimum Gasteiger partial charge on any atom is -0.343 e. The van der Waals surface area contributed by atoms with Gasteiger partial charge in [-0.25, -0.2) is 5.84 Å². The van der Waals surface area contributed by atoms with Gasteiger partial charge in [0, 0.05) is 33.7 Å². The van der Waals surface area contributed by atoms with E-state index in [4.69, 9.17) is 5.84 Å². The Morgan fingerprint density at radius 1 is 1.14 bits per heavy atom. The van der Waals surface area contributed by atoms with Crippen LogP contribution in [-0.2, 0) is 6.54 Å². The molecule has 3 rings (SSSR count). The number of hydrogen-bond acceptors (Lipinski definition) is 2. The van der Waals surface area contributed by atoms with Crippen LogP contribution in [-0.4, -0.2) is 10.5 Å². The summed E-state index contributed by atoms with van der Waals surface area (Å²) in [6.45, 7) is 0.754. The van der Waals surface area contributed by atoms with Crippen molar-refractivity contribution in [1.82, 2.24) is 9.99 Å². The first-order valence-corrected chi connectivity index (χ1v) is 7.31. The number of benzene rings is 2. The third kappa shape index (κ3) is 2.70. The van der Waals surface area contributed by atoms with Crippen LogP contribution in [0.15, 0.2) is 59.2 Å². The Hall–Kier alpha value is -2.11. The van der Waals surface area contributed by atoms with Crippen LogP contribution in [0.3, 0.4) is 0 Å². The molecule has 0 aliphatic heterocycles. The molecule has 0 radical (unpaired) electrons. The van der Waals surface area contributed by atoms with Crippen LogP contribution in [0.5, 0.6) is 0 Å². The molecule has 4 nitrogen and oxygen atoms in total. The first-order valence-electron chi connectivity index (χ1n) is 6.52. The van der Waals surface area contributed by atoms with Crippen molar-refractivity contribution >= 4 is 32.7 Å². The number of halogens is 1. The average Bonchev–Trinajstić information content (AvgIpc) is 2.92. The lowest BCUT2D eigenvalue weighted by Crippen LogP contribution is -2.29. The van der Waals surface area contributed by atoms with Gasteiger partial charge < -0.3 is 4.57 Å². The summed E-state index contributed by atoms with van der Waals surface area (Å²) in [5, 5.41) is 1.19. The first-order chi connectivity index (χ1) is 10.2. The van der Waals surface area contributed by atoms with Gasteiger partial charge in [-0.3, -0.25) is 10.2 Å². The minimum absolute atomic E-state index is 0.281. The van der Waals surface area contributed by atoms with Crippen LogP contribution >= 0.6 is 15.9 Å². The topological polar surface area (TPSA) is 60.0 Å². The maximum atomic E-state index is 11.4. The zero-order valence-electron chi connectivity index (χ0n) is 11.2. The highest BCUT2D eigenvalue weighted by molar-refractivity contribution is 9.10. The Balaban J connectivity index is 1.88. The molecule has 1 aromatic heterocycles. The molecule has 106 valence electrons. The summed E-state index contributed by atoms with van der Waals surface area (Å²) in [7, 11) is 0. The molecule has 0 saturated carbocycles. The Morgan fingerprint density at radius 3 is 2.62 bits per heavy atom. The van der Waals surface area contributed by atoms with Crippen molar-refractivity contribution in [3.05, 3.63) is 70.3 Å². The average molecular weight is 344 g/mol. The fourth-order valence-electron chi connectivity index (χ4n) is 2.37. The number of hydrazine groups is 1. The Morgan fingerprint density at radius 2 is 1.90 bits per heavy atom. The van der Waals surface area contributed by atoms with Gasteiger partial charge in [-0.05, 0) is 35.9 Å². The molecule has 0 aliphatic rings. The number of aromatic nitrogens is 1. The predicted molar refractivity (Wildman–Crippen MR) is 86.8 cm³/mol. The highest BCUT2D eigenvalue weighted by atomic mass is 79.9. The summed E-state index contributed by atoms with van der Waals surface area (Å²) in [4.78, 5) is 11.4. The predicted octanol–water partition coefficient (Wildman–Crippen LogP) is 3.06. The minimum atomic E-state index is -0.281. The van der Waals surface area contributed by atoms with Gasteiger partial charge in [-0.2, -0.15) is 0 Å². The van der Waals surface area contributed by atoms with Crippen molar-refractivity contribution in [2.45, 2.75) is 6.54 Å². The van der Waals surface area contributed by atoms with E-state index in [0.29, 0.717) is 5.56 Å². The van der Waals surface area contributed by atoms with Gasteiger partial charge in [0.2, 0.25) is 0 Å². The van der Waals surface area contributed by atoms with Gasteiger partial charge in [0.25, 0.3) is 5.91 Å². The second kappa shape index (κ2) is 5.71. The maximum Gasteiger partial charge on any atom is 0.265 e.